The van der Waals surface area contributed by atoms with Gasteiger partial charge in [-0.2, -0.15) is 0 Å². The van der Waals surface area contributed by atoms with E-state index in [1.54, 1.807) is 0 Å². The average Bonchev–Trinajstić information content (AvgIpc) is 2.77. The Labute approximate surface area is 98.8 Å². The standard InChI is InChI=1S/C12H25N3O/c1-10(13)6-9-14(3)11(2)12(16)15-7-4-5-8-15/h10-11H,4-9,13H2,1-3H3. The molecule has 94 valence electrons. The maximum Gasteiger partial charge on any atom is 0.239 e. The van der Waals surface area contributed by atoms with Gasteiger partial charge in [0.1, 0.15) is 0 Å². The molecule has 0 aliphatic carbocycles. The van der Waals surface area contributed by atoms with E-state index in [0.717, 1.165) is 38.9 Å². The maximum absolute atomic E-state index is 12.1. The minimum absolute atomic E-state index is 0.0168. The number of nitrogens with zero attached hydrogens (tertiary/aromatic N) is 2. The molecule has 0 aromatic heterocycles. The molecule has 0 spiro atoms. The number of rotatable bonds is 5. The van der Waals surface area contributed by atoms with Crippen LogP contribution in [0.2, 0.25) is 0 Å². The van der Waals surface area contributed by atoms with Gasteiger partial charge in [0.15, 0.2) is 0 Å². The van der Waals surface area contributed by atoms with E-state index in [4.69, 9.17) is 5.73 Å². The molecule has 0 aromatic rings. The van der Waals surface area contributed by atoms with Gasteiger partial charge in [0.05, 0.1) is 6.04 Å². The summed E-state index contributed by atoms with van der Waals surface area (Å²) in [4.78, 5) is 16.2. The second kappa shape index (κ2) is 6.21. The number of hydrogen-bond acceptors (Lipinski definition) is 3. The molecule has 4 heteroatoms. The maximum atomic E-state index is 12.1. The number of likely N-dealkylation sites (N-methyl/N-ethyl adjacent to an activating group) is 1. The predicted molar refractivity (Wildman–Crippen MR) is 66.2 cm³/mol. The van der Waals surface area contributed by atoms with Crippen LogP contribution >= 0.6 is 0 Å². The zero-order chi connectivity index (χ0) is 12.1. The zero-order valence-corrected chi connectivity index (χ0v) is 10.8. The minimum atomic E-state index is -0.0168. The summed E-state index contributed by atoms with van der Waals surface area (Å²) in [5, 5.41) is 0. The van der Waals surface area contributed by atoms with E-state index in [2.05, 4.69) is 4.90 Å². The molecule has 0 bridgehead atoms. The van der Waals surface area contributed by atoms with Gasteiger partial charge in [0.2, 0.25) is 5.91 Å². The fourth-order valence-corrected chi connectivity index (χ4v) is 1.99. The molecular weight excluding hydrogens is 202 g/mol. The minimum Gasteiger partial charge on any atom is -0.341 e. The first kappa shape index (κ1) is 13.5. The van der Waals surface area contributed by atoms with Gasteiger partial charge in [-0.1, -0.05) is 0 Å². The highest BCUT2D eigenvalue weighted by molar-refractivity contribution is 5.81. The number of carbonyl (C=O) groups excluding carboxylic acids is 1. The summed E-state index contributed by atoms with van der Waals surface area (Å²) >= 11 is 0. The molecule has 0 aromatic carbocycles. The number of carbonyl (C=O) groups is 1. The van der Waals surface area contributed by atoms with Crippen molar-refractivity contribution in [2.24, 2.45) is 5.73 Å². The summed E-state index contributed by atoms with van der Waals surface area (Å²) in [5.41, 5.74) is 5.72. The van der Waals surface area contributed by atoms with Gasteiger partial charge in [-0.15, -0.1) is 0 Å². The van der Waals surface area contributed by atoms with Crippen LogP contribution in [0.3, 0.4) is 0 Å². The molecule has 0 radical (unpaired) electrons. The molecule has 0 saturated carbocycles. The van der Waals surface area contributed by atoms with Gasteiger partial charge in [0.25, 0.3) is 0 Å². The predicted octanol–water partition coefficient (Wildman–Crippen LogP) is 0.666. The van der Waals surface area contributed by atoms with E-state index in [1.165, 1.54) is 0 Å². The first-order chi connectivity index (χ1) is 7.52. The van der Waals surface area contributed by atoms with Crippen molar-refractivity contribution < 1.29 is 4.79 Å². The fourth-order valence-electron chi connectivity index (χ4n) is 1.99. The summed E-state index contributed by atoms with van der Waals surface area (Å²) in [7, 11) is 2.00. The highest BCUT2D eigenvalue weighted by Crippen LogP contribution is 2.11. The molecule has 1 saturated heterocycles. The SMILES string of the molecule is CC(N)CCN(C)C(C)C(=O)N1CCCC1. The van der Waals surface area contributed by atoms with Crippen molar-refractivity contribution in [3.05, 3.63) is 0 Å². The largest absolute Gasteiger partial charge is 0.341 e. The summed E-state index contributed by atoms with van der Waals surface area (Å²) in [6.45, 7) is 6.75. The van der Waals surface area contributed by atoms with Crippen molar-refractivity contribution in [3.8, 4) is 0 Å². The highest BCUT2D eigenvalue weighted by atomic mass is 16.2. The molecule has 2 N–H and O–H groups in total. The summed E-state index contributed by atoms with van der Waals surface area (Å²) in [6.07, 6.45) is 3.25. The lowest BCUT2D eigenvalue weighted by atomic mass is 10.2. The normalized spacial score (nSPS) is 20.2. The van der Waals surface area contributed by atoms with Crippen LogP contribution in [-0.2, 0) is 4.79 Å². The van der Waals surface area contributed by atoms with Crippen molar-refractivity contribution in [2.45, 2.75) is 45.2 Å². The quantitative estimate of drug-likeness (QED) is 0.751. The van der Waals surface area contributed by atoms with Crippen molar-refractivity contribution in [1.29, 1.82) is 0 Å². The van der Waals surface area contributed by atoms with Crippen molar-refractivity contribution in [1.82, 2.24) is 9.80 Å². The molecule has 2 unspecified atom stereocenters. The molecule has 1 rings (SSSR count). The van der Waals surface area contributed by atoms with Gasteiger partial charge >= 0.3 is 0 Å². The lowest BCUT2D eigenvalue weighted by Crippen LogP contribution is -2.45. The van der Waals surface area contributed by atoms with Crippen LogP contribution in [0, 0.1) is 0 Å². The fraction of sp³-hybridized carbons (Fsp3) is 0.917. The van der Waals surface area contributed by atoms with Crippen LogP contribution in [0.4, 0.5) is 0 Å². The molecule has 1 amide bonds. The lowest BCUT2D eigenvalue weighted by molar-refractivity contribution is -0.134. The molecule has 2 atom stereocenters. The molecule has 1 heterocycles. The van der Waals surface area contributed by atoms with E-state index >= 15 is 0 Å². The Morgan fingerprint density at radius 1 is 1.38 bits per heavy atom. The lowest BCUT2D eigenvalue weighted by Gasteiger charge is -2.28. The number of nitrogens with two attached hydrogens (primary N) is 1. The number of amides is 1. The van der Waals surface area contributed by atoms with Crippen LogP contribution < -0.4 is 5.73 Å². The molecule has 1 aliphatic heterocycles. The molecular formula is C12H25N3O. The molecule has 4 nitrogen and oxygen atoms in total. The van der Waals surface area contributed by atoms with Crippen LogP contribution in [0.1, 0.15) is 33.1 Å². The Balaban J connectivity index is 2.36. The monoisotopic (exact) mass is 227 g/mol. The second-order valence-electron chi connectivity index (χ2n) is 4.95. The van der Waals surface area contributed by atoms with E-state index in [1.807, 2.05) is 25.8 Å². The first-order valence-corrected chi connectivity index (χ1v) is 6.27. The van der Waals surface area contributed by atoms with Crippen LogP contribution in [0.25, 0.3) is 0 Å². The summed E-state index contributed by atoms with van der Waals surface area (Å²) in [5.74, 6) is 0.268. The summed E-state index contributed by atoms with van der Waals surface area (Å²) in [6, 6.07) is 0.188. The van der Waals surface area contributed by atoms with Gasteiger partial charge in [-0.25, -0.2) is 0 Å². The van der Waals surface area contributed by atoms with Crippen LogP contribution in [-0.4, -0.2) is 54.5 Å². The third kappa shape index (κ3) is 3.76. The van der Waals surface area contributed by atoms with E-state index in [-0.39, 0.29) is 18.0 Å². The topological polar surface area (TPSA) is 49.6 Å². The van der Waals surface area contributed by atoms with E-state index in [0.29, 0.717) is 0 Å². The molecule has 16 heavy (non-hydrogen) atoms. The summed E-state index contributed by atoms with van der Waals surface area (Å²) < 4.78 is 0. The Morgan fingerprint density at radius 2 is 1.94 bits per heavy atom. The Morgan fingerprint density at radius 3 is 2.44 bits per heavy atom. The smallest absolute Gasteiger partial charge is 0.239 e. The second-order valence-corrected chi connectivity index (χ2v) is 4.95. The Hall–Kier alpha value is -0.610. The van der Waals surface area contributed by atoms with Crippen molar-refractivity contribution in [3.63, 3.8) is 0 Å². The van der Waals surface area contributed by atoms with Gasteiger partial charge in [-0.3, -0.25) is 9.69 Å². The van der Waals surface area contributed by atoms with Crippen molar-refractivity contribution >= 4 is 5.91 Å². The first-order valence-electron chi connectivity index (χ1n) is 6.27. The van der Waals surface area contributed by atoms with Gasteiger partial charge in [-0.05, 0) is 40.2 Å². The van der Waals surface area contributed by atoms with Crippen molar-refractivity contribution in [2.75, 3.05) is 26.7 Å². The average molecular weight is 227 g/mol. The Kier molecular flexibility index (Phi) is 5.22. The zero-order valence-electron chi connectivity index (χ0n) is 10.8. The van der Waals surface area contributed by atoms with Gasteiger partial charge < -0.3 is 10.6 Å². The highest BCUT2D eigenvalue weighted by Gasteiger charge is 2.25. The number of hydrogen-bond donors (Lipinski definition) is 1. The third-order valence-corrected chi connectivity index (χ3v) is 3.37. The van der Waals surface area contributed by atoms with Gasteiger partial charge in [0, 0.05) is 25.7 Å². The number of likely N-dealkylation sites (tertiary alicyclic amines) is 1. The van der Waals surface area contributed by atoms with E-state index in [9.17, 15) is 4.79 Å². The van der Waals surface area contributed by atoms with Crippen LogP contribution in [0.5, 0.6) is 0 Å². The molecule has 1 aliphatic rings. The Bertz CT molecular complexity index is 224. The van der Waals surface area contributed by atoms with E-state index < -0.39 is 0 Å². The van der Waals surface area contributed by atoms with Crippen LogP contribution in [0.15, 0.2) is 0 Å². The third-order valence-electron chi connectivity index (χ3n) is 3.37. The molecule has 1 fully saturated rings.